The first-order valence-corrected chi connectivity index (χ1v) is 29.0. The van der Waals surface area contributed by atoms with Crippen molar-refractivity contribution >= 4 is 132 Å². The number of nitrogens with zero attached hydrogens (tertiary/aromatic N) is 5. The zero-order chi connectivity index (χ0) is 55.0. The molecular weight excluding hydrogens is 1020 g/mol. The molecule has 18 rings (SSSR count). The van der Waals surface area contributed by atoms with Crippen molar-refractivity contribution in [1.29, 1.82) is 0 Å². The smallest absolute Gasteiger partial charge is 0.242 e. The molecule has 0 radical (unpaired) electrons. The third-order valence-corrected chi connectivity index (χ3v) is 17.9. The van der Waals surface area contributed by atoms with Crippen LogP contribution in [0.4, 0.5) is 0 Å². The molecule has 0 atom stereocenters. The van der Waals surface area contributed by atoms with E-state index in [0.29, 0.717) is 0 Å². The fourth-order valence-electron chi connectivity index (χ4n) is 14.6. The van der Waals surface area contributed by atoms with Gasteiger partial charge in [-0.25, -0.2) is 0 Å². The van der Waals surface area contributed by atoms with E-state index in [1.807, 2.05) is 0 Å². The maximum atomic E-state index is 2.56. The van der Waals surface area contributed by atoms with Crippen molar-refractivity contribution in [2.75, 3.05) is 0 Å². The first-order chi connectivity index (χ1) is 41.7. The van der Waals surface area contributed by atoms with E-state index in [-0.39, 0.29) is 6.71 Å². The number of benzene rings is 13. The van der Waals surface area contributed by atoms with Gasteiger partial charge >= 0.3 is 0 Å². The van der Waals surface area contributed by atoms with E-state index in [4.69, 9.17) is 0 Å². The maximum absolute atomic E-state index is 2.56. The van der Waals surface area contributed by atoms with E-state index in [2.05, 4.69) is 326 Å². The van der Waals surface area contributed by atoms with Crippen LogP contribution >= 0.6 is 0 Å². The van der Waals surface area contributed by atoms with Crippen molar-refractivity contribution in [2.24, 2.45) is 0 Å². The molecule has 0 aliphatic heterocycles. The summed E-state index contributed by atoms with van der Waals surface area (Å²) < 4.78 is 12.5. The fraction of sp³-hybridized carbons (Fsp3) is 0. The molecule has 0 saturated carbocycles. The van der Waals surface area contributed by atoms with Crippen LogP contribution < -0.4 is 16.4 Å². The van der Waals surface area contributed by atoms with Gasteiger partial charge < -0.3 is 22.8 Å². The van der Waals surface area contributed by atoms with E-state index in [1.165, 1.54) is 109 Å². The van der Waals surface area contributed by atoms with Crippen LogP contribution in [0.15, 0.2) is 303 Å². The van der Waals surface area contributed by atoms with Crippen molar-refractivity contribution in [3.63, 3.8) is 0 Å². The van der Waals surface area contributed by atoms with Crippen LogP contribution in [0.5, 0.6) is 0 Å². The van der Waals surface area contributed by atoms with E-state index in [1.54, 1.807) is 0 Å². The van der Waals surface area contributed by atoms with Gasteiger partial charge in [-0.2, -0.15) is 0 Å². The second-order valence-corrected chi connectivity index (χ2v) is 22.4. The lowest BCUT2D eigenvalue weighted by Crippen LogP contribution is -2.52. The monoisotopic (exact) mass is 1070 g/mol. The van der Waals surface area contributed by atoms with Gasteiger partial charge in [0.25, 0.3) is 0 Å². The van der Waals surface area contributed by atoms with E-state index in [9.17, 15) is 0 Å². The average molecular weight is 1070 g/mol. The quantitative estimate of drug-likeness (QED) is 0.136. The van der Waals surface area contributed by atoms with Gasteiger partial charge in [-0.3, -0.25) is 0 Å². The highest BCUT2D eigenvalue weighted by Gasteiger charge is 2.31. The van der Waals surface area contributed by atoms with Crippen molar-refractivity contribution in [3.05, 3.63) is 303 Å². The van der Waals surface area contributed by atoms with Crippen LogP contribution in [0.2, 0.25) is 0 Å². The Hall–Kier alpha value is -11.1. The SMILES string of the molecule is c1ccc(B(c2ccccc2)c2cc3c4ccccc4n(-c4ccc5c(c4)c4cc(-n6c7ccccc7c7c6ccc6c8ccccc8n(-c8ccccc8)c67)ccc4n5-c4ccccc4)c3c3c2c2ccccc2n3-c2ccccc2)cc1. The van der Waals surface area contributed by atoms with Gasteiger partial charge in [0.1, 0.15) is 0 Å². The third-order valence-electron chi connectivity index (χ3n) is 17.9. The molecule has 0 aliphatic carbocycles. The molecule has 0 N–H and O–H groups in total. The van der Waals surface area contributed by atoms with Crippen molar-refractivity contribution in [2.45, 2.75) is 0 Å². The van der Waals surface area contributed by atoms with Crippen molar-refractivity contribution < 1.29 is 0 Å². The predicted octanol–water partition coefficient (Wildman–Crippen LogP) is 17.7. The molecule has 5 heterocycles. The van der Waals surface area contributed by atoms with E-state index < -0.39 is 0 Å². The Bertz CT molecular complexity index is 5610. The summed E-state index contributed by atoms with van der Waals surface area (Å²) in [5.74, 6) is 0. The summed E-state index contributed by atoms with van der Waals surface area (Å²) in [5.41, 5.74) is 21.1. The number of para-hydroxylation sites is 7. The van der Waals surface area contributed by atoms with E-state index >= 15 is 0 Å². The summed E-state index contributed by atoms with van der Waals surface area (Å²) in [6, 6.07) is 112. The first-order valence-electron chi connectivity index (χ1n) is 29.0. The molecule has 6 heteroatoms. The predicted molar refractivity (Wildman–Crippen MR) is 356 cm³/mol. The molecule has 0 saturated heterocycles. The Kier molecular flexibility index (Phi) is 10.1. The van der Waals surface area contributed by atoms with Crippen LogP contribution in [-0.2, 0) is 0 Å². The molecule has 0 aliphatic rings. The largest absolute Gasteiger partial charge is 0.309 e. The molecule has 18 aromatic rings. The highest BCUT2D eigenvalue weighted by molar-refractivity contribution is 6.97. The van der Waals surface area contributed by atoms with E-state index in [0.717, 1.165) is 45.0 Å². The molecule has 0 spiro atoms. The maximum Gasteiger partial charge on any atom is 0.242 e. The summed E-state index contributed by atoms with van der Waals surface area (Å²) in [5, 5.41) is 12.2. The number of hydrogen-bond donors (Lipinski definition) is 0. The summed E-state index contributed by atoms with van der Waals surface area (Å²) in [4.78, 5) is 0. The Morgan fingerprint density at radius 1 is 0.190 bits per heavy atom. The van der Waals surface area contributed by atoms with Gasteiger partial charge in [-0.1, -0.05) is 217 Å². The summed E-state index contributed by atoms with van der Waals surface area (Å²) in [7, 11) is 0. The molecule has 390 valence electrons. The normalized spacial score (nSPS) is 12.0. The molecule has 13 aromatic carbocycles. The Labute approximate surface area is 484 Å². The summed E-state index contributed by atoms with van der Waals surface area (Å²) in [6.45, 7) is -0.0411. The molecule has 84 heavy (non-hydrogen) atoms. The second kappa shape index (κ2) is 18.2. The Morgan fingerprint density at radius 3 is 1.08 bits per heavy atom. The second-order valence-electron chi connectivity index (χ2n) is 22.4. The minimum Gasteiger partial charge on any atom is -0.309 e. The highest BCUT2D eigenvalue weighted by atomic mass is 15.1. The highest BCUT2D eigenvalue weighted by Crippen LogP contribution is 2.45. The van der Waals surface area contributed by atoms with Crippen LogP contribution in [0, 0.1) is 0 Å². The van der Waals surface area contributed by atoms with Gasteiger partial charge in [0.2, 0.25) is 6.71 Å². The lowest BCUT2D eigenvalue weighted by Gasteiger charge is -2.19. The molecule has 0 amide bonds. The van der Waals surface area contributed by atoms with Gasteiger partial charge in [-0.05, 0) is 103 Å². The van der Waals surface area contributed by atoms with Crippen molar-refractivity contribution in [1.82, 2.24) is 22.8 Å². The molecule has 0 unspecified atom stereocenters. The zero-order valence-electron chi connectivity index (χ0n) is 45.7. The fourth-order valence-corrected chi connectivity index (χ4v) is 14.6. The first kappa shape index (κ1) is 46.7. The van der Waals surface area contributed by atoms with Gasteiger partial charge in [0, 0.05) is 82.3 Å². The van der Waals surface area contributed by atoms with Crippen LogP contribution in [-0.4, -0.2) is 29.5 Å². The van der Waals surface area contributed by atoms with Crippen molar-refractivity contribution in [3.8, 4) is 28.4 Å². The van der Waals surface area contributed by atoms with Gasteiger partial charge in [0.15, 0.2) is 0 Å². The topological polar surface area (TPSA) is 24.6 Å². The summed E-state index contributed by atoms with van der Waals surface area (Å²) in [6.07, 6.45) is 0. The number of aromatic nitrogens is 5. The molecule has 5 aromatic heterocycles. The lowest BCUT2D eigenvalue weighted by atomic mass is 9.36. The zero-order valence-corrected chi connectivity index (χ0v) is 45.7. The van der Waals surface area contributed by atoms with Gasteiger partial charge in [0.05, 0.1) is 55.2 Å². The Morgan fingerprint density at radius 2 is 0.548 bits per heavy atom. The summed E-state index contributed by atoms with van der Waals surface area (Å²) >= 11 is 0. The van der Waals surface area contributed by atoms with Crippen LogP contribution in [0.1, 0.15) is 0 Å². The molecule has 5 nitrogen and oxygen atoms in total. The Balaban J connectivity index is 0.947. The van der Waals surface area contributed by atoms with Crippen LogP contribution in [0.3, 0.4) is 0 Å². The number of rotatable bonds is 8. The number of fused-ring (bicyclic) bond motifs is 17. The molecule has 0 bridgehead atoms. The standard InChI is InChI=1S/C78H50BN5/c1-6-24-51(25-7-1)79(52-26-8-2-9-27-52)66-50-65-59-35-17-21-39-68(59)84(77(65)78-74(66)61-36-18-23-41-70(61)83(78)55-32-14-5-15-33-55)57-43-46-72-64(49-57)63-48-56(42-45-71(63)80(72)53-28-10-3-11-29-53)81-69-40-22-19-37-62(69)75-73(81)47-44-60-58-34-16-20-38-67(58)82(76(60)75)54-30-12-4-13-31-54/h1-50H. The minimum atomic E-state index is -0.0411. The third kappa shape index (κ3) is 6.68. The average Bonchev–Trinajstić information content (AvgIpc) is 1.83. The van der Waals surface area contributed by atoms with Crippen LogP contribution in [0.25, 0.3) is 137 Å². The number of hydrogen-bond acceptors (Lipinski definition) is 0. The molecular formula is C78H50BN5. The lowest BCUT2D eigenvalue weighted by molar-refractivity contribution is 1.15. The van der Waals surface area contributed by atoms with Gasteiger partial charge in [-0.15, -0.1) is 0 Å². The molecule has 0 fully saturated rings. The minimum absolute atomic E-state index is 0.0411.